The Morgan fingerprint density at radius 1 is 1.35 bits per heavy atom. The number of amides is 1. The normalized spacial score (nSPS) is 26.2. The number of ether oxygens (including phenoxy) is 1. The number of carbonyl (C=O) groups excluding carboxylic acids is 1. The van der Waals surface area contributed by atoms with E-state index in [0.29, 0.717) is 26.2 Å². The van der Waals surface area contributed by atoms with Crippen LogP contribution in [0.25, 0.3) is 0 Å². The van der Waals surface area contributed by atoms with Crippen molar-refractivity contribution in [2.75, 3.05) is 19.8 Å². The van der Waals surface area contributed by atoms with Crippen molar-refractivity contribution in [2.45, 2.75) is 31.7 Å². The number of carbonyl (C=O) groups is 1. The summed E-state index contributed by atoms with van der Waals surface area (Å²) in [4.78, 5) is 14.2. The highest BCUT2D eigenvalue weighted by molar-refractivity contribution is 5.78. The summed E-state index contributed by atoms with van der Waals surface area (Å²) < 4.78 is 5.16. The van der Waals surface area contributed by atoms with Gasteiger partial charge in [0.05, 0.1) is 25.3 Å². The number of hydrogen-bond acceptors (Lipinski definition) is 4. The van der Waals surface area contributed by atoms with E-state index in [1.54, 1.807) is 0 Å². The molecule has 0 saturated carbocycles. The summed E-state index contributed by atoms with van der Waals surface area (Å²) in [5, 5.41) is 12.7. The highest BCUT2D eigenvalue weighted by Crippen LogP contribution is 2.21. The molecule has 2 N–H and O–H groups in total. The molecule has 1 fully saturated rings. The van der Waals surface area contributed by atoms with Crippen molar-refractivity contribution in [3.05, 3.63) is 35.4 Å². The smallest absolute Gasteiger partial charge is 0.234 e. The van der Waals surface area contributed by atoms with Crippen LogP contribution < -0.4 is 5.32 Å². The molecule has 5 heteroatoms. The quantitative estimate of drug-likeness (QED) is 0.832. The molecule has 0 unspecified atom stereocenters. The lowest BCUT2D eigenvalue weighted by Crippen LogP contribution is -2.50. The van der Waals surface area contributed by atoms with E-state index < -0.39 is 6.10 Å². The maximum Gasteiger partial charge on any atom is 0.234 e. The van der Waals surface area contributed by atoms with Gasteiger partial charge in [0.25, 0.3) is 0 Å². The predicted octanol–water partition coefficient (Wildman–Crippen LogP) is 0.268. The van der Waals surface area contributed by atoms with E-state index >= 15 is 0 Å². The number of benzene rings is 1. The first kappa shape index (κ1) is 13.5. The highest BCUT2D eigenvalue weighted by atomic mass is 16.5. The second-order valence-corrected chi connectivity index (χ2v) is 5.52. The Morgan fingerprint density at radius 3 is 2.70 bits per heavy atom. The average molecular weight is 276 g/mol. The molecular weight excluding hydrogens is 256 g/mol. The molecule has 1 aromatic carbocycles. The lowest BCUT2D eigenvalue weighted by Gasteiger charge is -2.29. The third-order valence-electron chi connectivity index (χ3n) is 3.95. The van der Waals surface area contributed by atoms with E-state index in [1.807, 2.05) is 12.1 Å². The zero-order valence-electron chi connectivity index (χ0n) is 11.4. The minimum absolute atomic E-state index is 0.0243. The molecule has 2 atom stereocenters. The summed E-state index contributed by atoms with van der Waals surface area (Å²) in [7, 11) is 0. The fourth-order valence-electron chi connectivity index (χ4n) is 2.86. The van der Waals surface area contributed by atoms with Crippen LogP contribution in [-0.2, 0) is 22.6 Å². The second-order valence-electron chi connectivity index (χ2n) is 5.52. The number of aliphatic hydroxyl groups is 1. The molecule has 1 saturated heterocycles. The lowest BCUT2D eigenvalue weighted by atomic mass is 10.1. The molecule has 0 aliphatic carbocycles. The minimum Gasteiger partial charge on any atom is -0.389 e. The summed E-state index contributed by atoms with van der Waals surface area (Å²) in [5.41, 5.74) is 2.60. The van der Waals surface area contributed by atoms with Gasteiger partial charge in [-0.3, -0.25) is 9.69 Å². The van der Waals surface area contributed by atoms with Crippen LogP contribution in [-0.4, -0.2) is 47.8 Å². The van der Waals surface area contributed by atoms with Gasteiger partial charge in [-0.1, -0.05) is 24.3 Å². The molecule has 108 valence electrons. The molecule has 2 heterocycles. The van der Waals surface area contributed by atoms with Crippen LogP contribution in [0.15, 0.2) is 24.3 Å². The predicted molar refractivity (Wildman–Crippen MR) is 73.9 cm³/mol. The highest BCUT2D eigenvalue weighted by Gasteiger charge is 2.26. The van der Waals surface area contributed by atoms with E-state index in [-0.39, 0.29) is 11.9 Å². The SMILES string of the molecule is O=C(CN1Cc2ccccc2C1)N[C@@H]1CCOC[C@H]1O. The molecule has 0 spiro atoms. The molecule has 0 aromatic heterocycles. The summed E-state index contributed by atoms with van der Waals surface area (Å²) in [6.45, 7) is 2.91. The zero-order chi connectivity index (χ0) is 13.9. The van der Waals surface area contributed by atoms with Crippen molar-refractivity contribution in [3.63, 3.8) is 0 Å². The van der Waals surface area contributed by atoms with Crippen LogP contribution in [0.1, 0.15) is 17.5 Å². The third-order valence-corrected chi connectivity index (χ3v) is 3.95. The maximum absolute atomic E-state index is 12.1. The third kappa shape index (κ3) is 3.00. The topological polar surface area (TPSA) is 61.8 Å². The Kier molecular flexibility index (Phi) is 4.00. The molecule has 1 amide bonds. The molecule has 20 heavy (non-hydrogen) atoms. The largest absolute Gasteiger partial charge is 0.389 e. The lowest BCUT2D eigenvalue weighted by molar-refractivity contribution is -0.125. The van der Waals surface area contributed by atoms with Gasteiger partial charge in [-0.2, -0.15) is 0 Å². The number of rotatable bonds is 3. The first-order valence-electron chi connectivity index (χ1n) is 7.06. The van der Waals surface area contributed by atoms with Gasteiger partial charge in [0.15, 0.2) is 0 Å². The summed E-state index contributed by atoms with van der Waals surface area (Å²) in [5.74, 6) is -0.0243. The maximum atomic E-state index is 12.1. The number of nitrogens with one attached hydrogen (secondary N) is 1. The molecule has 0 radical (unpaired) electrons. The second kappa shape index (κ2) is 5.91. The van der Waals surface area contributed by atoms with Crippen molar-refractivity contribution < 1.29 is 14.6 Å². The first-order chi connectivity index (χ1) is 9.72. The summed E-state index contributed by atoms with van der Waals surface area (Å²) in [6.07, 6.45) is 0.0797. The number of fused-ring (bicyclic) bond motifs is 1. The van der Waals surface area contributed by atoms with E-state index in [9.17, 15) is 9.90 Å². The van der Waals surface area contributed by atoms with Crippen molar-refractivity contribution in [1.82, 2.24) is 10.2 Å². The zero-order valence-corrected chi connectivity index (χ0v) is 11.4. The Bertz CT molecular complexity index is 467. The van der Waals surface area contributed by atoms with Crippen molar-refractivity contribution >= 4 is 5.91 Å². The molecule has 1 aromatic rings. The fourth-order valence-corrected chi connectivity index (χ4v) is 2.86. The fraction of sp³-hybridized carbons (Fsp3) is 0.533. The van der Waals surface area contributed by atoms with Crippen LogP contribution in [0, 0.1) is 0 Å². The van der Waals surface area contributed by atoms with Crippen molar-refractivity contribution in [3.8, 4) is 0 Å². The molecule has 5 nitrogen and oxygen atoms in total. The summed E-state index contributed by atoms with van der Waals surface area (Å²) >= 11 is 0. The van der Waals surface area contributed by atoms with Crippen LogP contribution in [0.2, 0.25) is 0 Å². The van der Waals surface area contributed by atoms with Gasteiger partial charge >= 0.3 is 0 Å². The Morgan fingerprint density at radius 2 is 2.05 bits per heavy atom. The molecule has 2 aliphatic heterocycles. The van der Waals surface area contributed by atoms with Crippen LogP contribution in [0.3, 0.4) is 0 Å². The van der Waals surface area contributed by atoms with Gasteiger partial charge in [-0.05, 0) is 17.5 Å². The monoisotopic (exact) mass is 276 g/mol. The van der Waals surface area contributed by atoms with Crippen LogP contribution >= 0.6 is 0 Å². The average Bonchev–Trinajstić information content (AvgIpc) is 2.83. The number of nitrogens with zero attached hydrogens (tertiary/aromatic N) is 1. The minimum atomic E-state index is -0.594. The molecule has 3 rings (SSSR count). The number of aliphatic hydroxyl groups excluding tert-OH is 1. The van der Waals surface area contributed by atoms with E-state index in [1.165, 1.54) is 11.1 Å². The van der Waals surface area contributed by atoms with E-state index in [0.717, 1.165) is 13.1 Å². The molecule has 2 aliphatic rings. The Labute approximate surface area is 118 Å². The van der Waals surface area contributed by atoms with Crippen LogP contribution in [0.4, 0.5) is 0 Å². The number of hydrogen-bond donors (Lipinski definition) is 2. The Balaban J connectivity index is 1.51. The van der Waals surface area contributed by atoms with Gasteiger partial charge < -0.3 is 15.2 Å². The van der Waals surface area contributed by atoms with Crippen molar-refractivity contribution in [2.24, 2.45) is 0 Å². The van der Waals surface area contributed by atoms with E-state index in [4.69, 9.17) is 4.74 Å². The van der Waals surface area contributed by atoms with Gasteiger partial charge in [0.2, 0.25) is 5.91 Å². The molecule has 0 bridgehead atoms. The molecular formula is C15H20N2O3. The van der Waals surface area contributed by atoms with Gasteiger partial charge in [0.1, 0.15) is 0 Å². The van der Waals surface area contributed by atoms with Crippen molar-refractivity contribution in [1.29, 1.82) is 0 Å². The van der Waals surface area contributed by atoms with E-state index in [2.05, 4.69) is 22.3 Å². The summed E-state index contributed by atoms with van der Waals surface area (Å²) in [6, 6.07) is 8.09. The van der Waals surface area contributed by atoms with Crippen LogP contribution in [0.5, 0.6) is 0 Å². The van der Waals surface area contributed by atoms with Gasteiger partial charge in [-0.15, -0.1) is 0 Å². The van der Waals surface area contributed by atoms with Gasteiger partial charge in [-0.25, -0.2) is 0 Å². The Hall–Kier alpha value is -1.43. The standard InChI is InChI=1S/C15H20N2O3/c18-14-10-20-6-5-13(14)16-15(19)9-17-7-11-3-1-2-4-12(11)8-17/h1-4,13-14,18H,5-10H2,(H,16,19)/t13-,14-/m1/s1. The van der Waals surface area contributed by atoms with Gasteiger partial charge in [0, 0.05) is 19.7 Å². The first-order valence-corrected chi connectivity index (χ1v) is 7.06.